The van der Waals surface area contributed by atoms with E-state index in [-0.39, 0.29) is 17.5 Å². The average molecular weight is 271 g/mol. The van der Waals surface area contributed by atoms with Crippen LogP contribution in [-0.2, 0) is 0 Å². The second kappa shape index (κ2) is 6.92. The van der Waals surface area contributed by atoms with E-state index < -0.39 is 9.85 Å². The Balaban J connectivity index is 2.83. The molecule has 0 aliphatic heterocycles. The SMILES string of the molecule is NCCSC(C[N+](=O)[O-])c1ccc([N+](=O)[O-])cc1. The lowest BCUT2D eigenvalue weighted by molar-refractivity contribution is -0.479. The molecule has 0 aliphatic carbocycles. The predicted octanol–water partition coefficient (Wildman–Crippen LogP) is 1.60. The van der Waals surface area contributed by atoms with E-state index in [1.165, 1.54) is 23.9 Å². The lowest BCUT2D eigenvalue weighted by Crippen LogP contribution is -2.12. The van der Waals surface area contributed by atoms with Crippen LogP contribution in [-0.4, -0.2) is 28.7 Å². The van der Waals surface area contributed by atoms with Crippen molar-refractivity contribution in [2.24, 2.45) is 5.73 Å². The topological polar surface area (TPSA) is 112 Å². The summed E-state index contributed by atoms with van der Waals surface area (Å²) in [5.41, 5.74) is 6.05. The summed E-state index contributed by atoms with van der Waals surface area (Å²) in [5.74, 6) is 0.607. The fourth-order valence-corrected chi connectivity index (χ4v) is 2.41. The molecule has 0 radical (unpaired) electrons. The van der Waals surface area contributed by atoms with E-state index in [1.807, 2.05) is 0 Å². The number of nitro groups is 2. The van der Waals surface area contributed by atoms with Crippen molar-refractivity contribution in [1.29, 1.82) is 0 Å². The highest BCUT2D eigenvalue weighted by atomic mass is 32.2. The third kappa shape index (κ3) is 4.30. The van der Waals surface area contributed by atoms with Crippen LogP contribution in [0.5, 0.6) is 0 Å². The molecule has 1 aromatic rings. The molecule has 8 heteroatoms. The number of nitrogens with zero attached hydrogens (tertiary/aromatic N) is 2. The molecule has 1 rings (SSSR count). The Morgan fingerprint density at radius 3 is 2.28 bits per heavy atom. The van der Waals surface area contributed by atoms with E-state index in [0.29, 0.717) is 17.9 Å². The molecular weight excluding hydrogens is 258 g/mol. The molecule has 0 heterocycles. The Labute approximate surface area is 108 Å². The Morgan fingerprint density at radius 1 is 1.22 bits per heavy atom. The number of non-ortho nitro benzene ring substituents is 1. The Morgan fingerprint density at radius 2 is 1.83 bits per heavy atom. The molecule has 0 fully saturated rings. The van der Waals surface area contributed by atoms with Crippen molar-refractivity contribution in [3.05, 3.63) is 50.1 Å². The molecule has 0 saturated carbocycles. The predicted molar refractivity (Wildman–Crippen MR) is 69.2 cm³/mol. The quantitative estimate of drug-likeness (QED) is 0.595. The van der Waals surface area contributed by atoms with Crippen molar-refractivity contribution >= 4 is 17.4 Å². The standard InChI is InChI=1S/C10H13N3O4S/c11-5-6-18-10(7-12(14)15)8-1-3-9(4-2-8)13(16)17/h1-4,10H,5-7,11H2. The van der Waals surface area contributed by atoms with Crippen LogP contribution in [0.25, 0.3) is 0 Å². The molecule has 2 N–H and O–H groups in total. The highest BCUT2D eigenvalue weighted by Gasteiger charge is 2.18. The first-order valence-corrected chi connectivity index (χ1v) is 6.27. The van der Waals surface area contributed by atoms with E-state index in [0.717, 1.165) is 0 Å². The first-order chi connectivity index (χ1) is 8.54. The van der Waals surface area contributed by atoms with Crippen LogP contribution in [0.2, 0.25) is 0 Å². The van der Waals surface area contributed by atoms with Crippen molar-refractivity contribution in [2.45, 2.75) is 5.25 Å². The van der Waals surface area contributed by atoms with Gasteiger partial charge in [0.1, 0.15) is 0 Å². The van der Waals surface area contributed by atoms with Gasteiger partial charge in [-0.05, 0) is 5.56 Å². The number of hydrogen-bond donors (Lipinski definition) is 1. The third-order valence-corrected chi connectivity index (χ3v) is 3.52. The maximum atomic E-state index is 10.6. The minimum absolute atomic E-state index is 0.0255. The van der Waals surface area contributed by atoms with Crippen molar-refractivity contribution in [3.8, 4) is 0 Å². The maximum absolute atomic E-state index is 10.6. The summed E-state index contributed by atoms with van der Waals surface area (Å²) in [6, 6.07) is 5.81. The summed E-state index contributed by atoms with van der Waals surface area (Å²) >= 11 is 1.38. The molecule has 0 aromatic heterocycles. The minimum Gasteiger partial charge on any atom is -0.330 e. The summed E-state index contributed by atoms with van der Waals surface area (Å²) in [7, 11) is 0. The Hall–Kier alpha value is -1.67. The molecule has 0 aliphatic rings. The van der Waals surface area contributed by atoms with E-state index in [2.05, 4.69) is 0 Å². The van der Waals surface area contributed by atoms with Crippen LogP contribution < -0.4 is 5.73 Å². The highest BCUT2D eigenvalue weighted by molar-refractivity contribution is 7.99. The number of thioether (sulfide) groups is 1. The highest BCUT2D eigenvalue weighted by Crippen LogP contribution is 2.29. The fraction of sp³-hybridized carbons (Fsp3) is 0.400. The smallest absolute Gasteiger partial charge is 0.269 e. The van der Waals surface area contributed by atoms with Gasteiger partial charge in [0, 0.05) is 29.4 Å². The molecule has 0 saturated heterocycles. The fourth-order valence-electron chi connectivity index (χ4n) is 1.41. The van der Waals surface area contributed by atoms with Crippen molar-refractivity contribution in [1.82, 2.24) is 0 Å². The van der Waals surface area contributed by atoms with Crippen molar-refractivity contribution < 1.29 is 9.85 Å². The second-order valence-corrected chi connectivity index (χ2v) is 4.82. The van der Waals surface area contributed by atoms with Gasteiger partial charge in [-0.1, -0.05) is 12.1 Å². The van der Waals surface area contributed by atoms with Crippen LogP contribution in [0.3, 0.4) is 0 Å². The van der Waals surface area contributed by atoms with Crippen LogP contribution >= 0.6 is 11.8 Å². The van der Waals surface area contributed by atoms with E-state index in [1.54, 1.807) is 12.1 Å². The van der Waals surface area contributed by atoms with Gasteiger partial charge >= 0.3 is 0 Å². The molecular formula is C10H13N3O4S. The summed E-state index contributed by atoms with van der Waals surface area (Å²) < 4.78 is 0. The maximum Gasteiger partial charge on any atom is 0.269 e. The van der Waals surface area contributed by atoms with Gasteiger partial charge < -0.3 is 5.73 Å². The zero-order chi connectivity index (χ0) is 13.5. The molecule has 0 amide bonds. The van der Waals surface area contributed by atoms with Crippen LogP contribution in [0.1, 0.15) is 10.8 Å². The van der Waals surface area contributed by atoms with Gasteiger partial charge in [0.15, 0.2) is 0 Å². The summed E-state index contributed by atoms with van der Waals surface area (Å²) in [6.07, 6.45) is 0. The van der Waals surface area contributed by atoms with Gasteiger partial charge in [-0.15, -0.1) is 11.8 Å². The van der Waals surface area contributed by atoms with Crippen molar-refractivity contribution in [2.75, 3.05) is 18.8 Å². The molecule has 0 bridgehead atoms. The van der Waals surface area contributed by atoms with Gasteiger partial charge in [-0.25, -0.2) is 0 Å². The zero-order valence-electron chi connectivity index (χ0n) is 9.52. The molecule has 1 unspecified atom stereocenters. The largest absolute Gasteiger partial charge is 0.330 e. The van der Waals surface area contributed by atoms with E-state index in [4.69, 9.17) is 5.73 Å². The summed E-state index contributed by atoms with van der Waals surface area (Å²) in [5, 5.41) is 20.8. The first kappa shape index (κ1) is 14.4. The number of benzene rings is 1. The monoisotopic (exact) mass is 271 g/mol. The third-order valence-electron chi connectivity index (χ3n) is 2.23. The molecule has 7 nitrogen and oxygen atoms in total. The molecule has 1 aromatic carbocycles. The van der Waals surface area contributed by atoms with Crippen LogP contribution in [0.15, 0.2) is 24.3 Å². The molecule has 0 spiro atoms. The first-order valence-electron chi connectivity index (χ1n) is 5.22. The Bertz CT molecular complexity index is 424. The van der Waals surface area contributed by atoms with Gasteiger partial charge in [0.2, 0.25) is 6.54 Å². The van der Waals surface area contributed by atoms with Gasteiger partial charge in [-0.2, -0.15) is 0 Å². The number of rotatable bonds is 7. The number of nitro benzene ring substituents is 1. The second-order valence-electron chi connectivity index (χ2n) is 3.51. The summed E-state index contributed by atoms with van der Waals surface area (Å²) in [6.45, 7) is 0.217. The average Bonchev–Trinajstić information content (AvgIpc) is 2.34. The molecule has 1 atom stereocenters. The summed E-state index contributed by atoms with van der Waals surface area (Å²) in [4.78, 5) is 20.2. The van der Waals surface area contributed by atoms with Gasteiger partial charge in [0.05, 0.1) is 10.2 Å². The van der Waals surface area contributed by atoms with Crippen LogP contribution in [0, 0.1) is 20.2 Å². The van der Waals surface area contributed by atoms with E-state index >= 15 is 0 Å². The normalized spacial score (nSPS) is 12.1. The van der Waals surface area contributed by atoms with Gasteiger partial charge in [-0.3, -0.25) is 20.2 Å². The lowest BCUT2D eigenvalue weighted by atomic mass is 10.1. The number of hydrogen-bond acceptors (Lipinski definition) is 6. The zero-order valence-corrected chi connectivity index (χ0v) is 10.3. The Kier molecular flexibility index (Phi) is 5.53. The molecule has 98 valence electrons. The van der Waals surface area contributed by atoms with Crippen molar-refractivity contribution in [3.63, 3.8) is 0 Å². The lowest BCUT2D eigenvalue weighted by Gasteiger charge is -2.12. The minimum atomic E-state index is -0.501. The molecule has 18 heavy (non-hydrogen) atoms. The number of nitrogens with two attached hydrogens (primary N) is 1. The van der Waals surface area contributed by atoms with Gasteiger partial charge in [0.25, 0.3) is 5.69 Å². The van der Waals surface area contributed by atoms with E-state index in [9.17, 15) is 20.2 Å². The van der Waals surface area contributed by atoms with Crippen LogP contribution in [0.4, 0.5) is 5.69 Å².